The van der Waals surface area contributed by atoms with Gasteiger partial charge in [-0.15, -0.1) is 0 Å². The largest absolute Gasteiger partial charge is 0.375 e. The highest BCUT2D eigenvalue weighted by Crippen LogP contribution is 2.73. The molecule has 3 aliphatic heterocycles. The van der Waals surface area contributed by atoms with Crippen LogP contribution >= 0.6 is 0 Å². The summed E-state index contributed by atoms with van der Waals surface area (Å²) in [6.07, 6.45) is 11.6. The molecule has 5 atom stereocenters. The molecule has 0 radical (unpaired) electrons. The number of carbonyl (C=O) groups excluding carboxylic acids is 2. The summed E-state index contributed by atoms with van der Waals surface area (Å²) in [7, 11) is 0. The molecule has 4 N–H and O–H groups in total. The lowest BCUT2D eigenvalue weighted by Gasteiger charge is -2.70. The van der Waals surface area contributed by atoms with E-state index in [1.807, 2.05) is 12.2 Å². The van der Waals surface area contributed by atoms with Crippen molar-refractivity contribution in [1.82, 2.24) is 25.8 Å². The number of likely N-dealkylation sites (tertiary alicyclic amines) is 1. The molecule has 2 unspecified atom stereocenters. The number of dihydropyridines is 1. The van der Waals surface area contributed by atoms with Gasteiger partial charge in [0.1, 0.15) is 12.3 Å². The number of aliphatic hydroxyl groups excluding tert-OH is 1. The zero-order valence-electron chi connectivity index (χ0n) is 22.2. The van der Waals surface area contributed by atoms with Gasteiger partial charge in [-0.2, -0.15) is 5.26 Å². The van der Waals surface area contributed by atoms with E-state index >= 15 is 0 Å². The molecule has 6 fully saturated rings. The summed E-state index contributed by atoms with van der Waals surface area (Å²) in [5.41, 5.74) is 2.25. The Morgan fingerprint density at radius 2 is 2.05 bits per heavy atom. The Morgan fingerprint density at radius 3 is 2.82 bits per heavy atom. The van der Waals surface area contributed by atoms with Crippen molar-refractivity contribution in [3.8, 4) is 6.07 Å². The molecule has 10 heteroatoms. The summed E-state index contributed by atoms with van der Waals surface area (Å²) in [5.74, 6) is 0.228. The van der Waals surface area contributed by atoms with Crippen molar-refractivity contribution in [2.75, 3.05) is 39.3 Å². The van der Waals surface area contributed by atoms with Crippen LogP contribution in [0.25, 0.3) is 0 Å². The first-order chi connectivity index (χ1) is 18.9. The van der Waals surface area contributed by atoms with Crippen LogP contribution in [0.2, 0.25) is 0 Å². The number of nitriles is 1. The van der Waals surface area contributed by atoms with E-state index in [1.54, 1.807) is 17.2 Å². The minimum absolute atomic E-state index is 0.0273. The van der Waals surface area contributed by atoms with Crippen molar-refractivity contribution in [3.63, 3.8) is 0 Å². The maximum absolute atomic E-state index is 13.4. The second-order valence-electron chi connectivity index (χ2n) is 12.8. The highest BCUT2D eigenvalue weighted by molar-refractivity contribution is 5.88. The highest BCUT2D eigenvalue weighted by Gasteiger charge is 2.71. The molecule has 206 valence electrons. The number of fused-ring (bicyclic) bond motifs is 2. The molecule has 0 spiro atoms. The fourth-order valence-electron chi connectivity index (χ4n) is 8.20. The third-order valence-electron chi connectivity index (χ3n) is 10.1. The third-order valence-corrected chi connectivity index (χ3v) is 10.1. The number of hydrogen-bond acceptors (Lipinski definition) is 8. The summed E-state index contributed by atoms with van der Waals surface area (Å²) < 4.78 is 0. The van der Waals surface area contributed by atoms with Gasteiger partial charge in [0.15, 0.2) is 0 Å². The Balaban J connectivity index is 0.957. The van der Waals surface area contributed by atoms with Crippen molar-refractivity contribution in [2.24, 2.45) is 27.7 Å². The standard InChI is InChI=1S/C29H37N7O3/c30-12-19-10-18-11-23(18)36(19)24(37)13-33-26(38)21-4-5-32-25-20(21)2-1-3-22(25)34-27(39)29-14-28(15-29,16-29)17-35-8-6-31-7-9-35/h1,3-5,18-20,23,26,31,33,38H,2,6-11,13-17H2,(H,34,39)/t18-,19+,20?,23+,26?,28?,29?/m1/s1. The van der Waals surface area contributed by atoms with E-state index in [-0.39, 0.29) is 41.8 Å². The SMILES string of the molecule is N#C[C@@H]1C[C@@H]2C[C@@H]2N1C(=O)CNC(O)C1=CC=NC2=C(NC(=O)C34CC(CN5CCNCC5)(C3)C4)C=CCC12. The van der Waals surface area contributed by atoms with E-state index < -0.39 is 6.23 Å². The van der Waals surface area contributed by atoms with Crippen molar-refractivity contribution in [2.45, 2.75) is 56.8 Å². The number of hydrogen-bond donors (Lipinski definition) is 4. The van der Waals surface area contributed by atoms with Crippen molar-refractivity contribution in [3.05, 3.63) is 35.2 Å². The molecule has 8 aliphatic rings. The zero-order valence-corrected chi connectivity index (χ0v) is 22.2. The van der Waals surface area contributed by atoms with Crippen LogP contribution in [0.15, 0.2) is 40.2 Å². The van der Waals surface area contributed by atoms with E-state index in [1.165, 1.54) is 0 Å². The van der Waals surface area contributed by atoms with Crippen LogP contribution in [0.4, 0.5) is 0 Å². The molecule has 0 aromatic carbocycles. The van der Waals surface area contributed by atoms with Gasteiger partial charge in [0.2, 0.25) is 11.8 Å². The van der Waals surface area contributed by atoms with Gasteiger partial charge in [0.25, 0.3) is 0 Å². The Morgan fingerprint density at radius 1 is 1.26 bits per heavy atom. The average molecular weight is 532 g/mol. The highest BCUT2D eigenvalue weighted by atomic mass is 16.3. The normalized spacial score (nSPS) is 38.6. The Kier molecular flexibility index (Phi) is 6.04. The molecule has 0 aromatic rings. The number of carbonyl (C=O) groups is 2. The maximum atomic E-state index is 13.4. The summed E-state index contributed by atoms with van der Waals surface area (Å²) in [6, 6.07) is 2.07. The average Bonchev–Trinajstić information content (AvgIpc) is 3.57. The van der Waals surface area contributed by atoms with Gasteiger partial charge >= 0.3 is 0 Å². The molecule has 2 saturated heterocycles. The van der Waals surface area contributed by atoms with Gasteiger partial charge in [-0.25, -0.2) is 0 Å². The number of amides is 2. The number of nitrogens with zero attached hydrogens (tertiary/aromatic N) is 4. The quantitative estimate of drug-likeness (QED) is 0.333. The lowest BCUT2D eigenvalue weighted by atomic mass is 9.34. The number of nitrogens with one attached hydrogen (secondary N) is 3. The molecular formula is C29H37N7O3. The molecule has 4 saturated carbocycles. The van der Waals surface area contributed by atoms with Crippen LogP contribution in [0, 0.1) is 34.0 Å². The number of aliphatic hydroxyl groups is 1. The third kappa shape index (κ3) is 4.27. The number of allylic oxidation sites excluding steroid dienone is 4. The Bertz CT molecular complexity index is 1220. The fourth-order valence-corrected chi connectivity index (χ4v) is 8.20. The lowest BCUT2D eigenvalue weighted by Crippen LogP contribution is -2.71. The summed E-state index contributed by atoms with van der Waals surface area (Å²) in [4.78, 5) is 35.0. The van der Waals surface area contributed by atoms with Gasteiger partial charge in [0, 0.05) is 50.9 Å². The van der Waals surface area contributed by atoms with Crippen LogP contribution in [-0.4, -0.2) is 90.5 Å². The fraction of sp³-hybridized carbons (Fsp3) is 0.655. The number of piperazine rings is 1. The molecule has 2 bridgehead atoms. The van der Waals surface area contributed by atoms with Crippen molar-refractivity contribution in [1.29, 1.82) is 5.26 Å². The molecule has 5 aliphatic carbocycles. The second kappa shape index (κ2) is 9.37. The smallest absolute Gasteiger partial charge is 0.237 e. The maximum Gasteiger partial charge on any atom is 0.237 e. The summed E-state index contributed by atoms with van der Waals surface area (Å²) >= 11 is 0. The molecule has 0 aromatic heterocycles. The first-order valence-corrected chi connectivity index (χ1v) is 14.4. The van der Waals surface area contributed by atoms with Crippen molar-refractivity contribution >= 4 is 18.0 Å². The van der Waals surface area contributed by atoms with Crippen LogP contribution < -0.4 is 16.0 Å². The molecule has 39 heavy (non-hydrogen) atoms. The van der Waals surface area contributed by atoms with Gasteiger partial charge < -0.3 is 25.5 Å². The molecule has 10 nitrogen and oxygen atoms in total. The Hall–Kier alpha value is -2.84. The van der Waals surface area contributed by atoms with E-state index in [2.05, 4.69) is 31.9 Å². The van der Waals surface area contributed by atoms with Crippen LogP contribution in [0.1, 0.15) is 38.5 Å². The number of piperidine rings is 1. The monoisotopic (exact) mass is 531 g/mol. The summed E-state index contributed by atoms with van der Waals surface area (Å²) in [5, 5.41) is 29.9. The molecule has 3 heterocycles. The predicted molar refractivity (Wildman–Crippen MR) is 144 cm³/mol. The number of aliphatic imine (C=N–C) groups is 1. The minimum atomic E-state index is -1.02. The van der Waals surface area contributed by atoms with E-state index in [4.69, 9.17) is 0 Å². The second-order valence-corrected chi connectivity index (χ2v) is 12.8. The van der Waals surface area contributed by atoms with Crippen LogP contribution in [-0.2, 0) is 9.59 Å². The van der Waals surface area contributed by atoms with Crippen LogP contribution in [0.5, 0.6) is 0 Å². The Labute approximate surface area is 228 Å². The molecule has 8 rings (SSSR count). The van der Waals surface area contributed by atoms with Gasteiger partial charge in [-0.05, 0) is 67.6 Å². The first kappa shape index (κ1) is 25.1. The minimum Gasteiger partial charge on any atom is -0.375 e. The van der Waals surface area contributed by atoms with E-state index in [0.29, 0.717) is 23.5 Å². The van der Waals surface area contributed by atoms with Gasteiger partial charge in [0.05, 0.1) is 29.4 Å². The van der Waals surface area contributed by atoms with Crippen LogP contribution in [0.3, 0.4) is 0 Å². The van der Waals surface area contributed by atoms with Crippen molar-refractivity contribution < 1.29 is 14.7 Å². The van der Waals surface area contributed by atoms with E-state index in [9.17, 15) is 20.0 Å². The van der Waals surface area contributed by atoms with Gasteiger partial charge in [-0.3, -0.25) is 19.9 Å². The zero-order chi connectivity index (χ0) is 26.8. The summed E-state index contributed by atoms with van der Waals surface area (Å²) in [6.45, 7) is 5.34. The van der Waals surface area contributed by atoms with E-state index in [0.717, 1.165) is 76.1 Å². The lowest BCUT2D eigenvalue weighted by molar-refractivity contribution is -0.213. The first-order valence-electron chi connectivity index (χ1n) is 14.4. The van der Waals surface area contributed by atoms with Gasteiger partial charge in [-0.1, -0.05) is 6.08 Å². The number of rotatable bonds is 8. The topological polar surface area (TPSA) is 133 Å². The predicted octanol–water partition coefficient (Wildman–Crippen LogP) is 0.398. The molecule has 2 amide bonds. The molecular weight excluding hydrogens is 494 g/mol.